The van der Waals surface area contributed by atoms with Gasteiger partial charge in [-0.3, -0.25) is 9.59 Å². The number of nitrogens with one attached hydrogen (secondary N) is 1. The van der Waals surface area contributed by atoms with Gasteiger partial charge >= 0.3 is 0 Å². The van der Waals surface area contributed by atoms with Crippen LogP contribution in [0.2, 0.25) is 5.02 Å². The van der Waals surface area contributed by atoms with E-state index in [4.69, 9.17) is 16.3 Å². The zero-order valence-corrected chi connectivity index (χ0v) is 24.4. The van der Waals surface area contributed by atoms with Crippen LogP contribution < -0.4 is 10.1 Å². The zero-order valence-electron chi connectivity index (χ0n) is 22.1. The van der Waals surface area contributed by atoms with Gasteiger partial charge in [0.15, 0.2) is 6.61 Å². The Morgan fingerprint density at radius 1 is 0.949 bits per heavy atom. The van der Waals surface area contributed by atoms with Gasteiger partial charge in [0.25, 0.3) is 5.91 Å². The van der Waals surface area contributed by atoms with E-state index in [2.05, 4.69) is 21.2 Å². The van der Waals surface area contributed by atoms with Gasteiger partial charge in [-0.25, -0.2) is 0 Å². The van der Waals surface area contributed by atoms with Crippen molar-refractivity contribution in [1.82, 2.24) is 10.2 Å². The van der Waals surface area contributed by atoms with Crippen molar-refractivity contribution in [2.75, 3.05) is 6.61 Å². The monoisotopic (exact) mass is 606 g/mol. The van der Waals surface area contributed by atoms with Crippen molar-refractivity contribution in [1.29, 1.82) is 0 Å². The Bertz CT molecular complexity index is 1430. The van der Waals surface area contributed by atoms with Crippen molar-refractivity contribution in [3.05, 3.63) is 112 Å². The molecule has 0 bridgehead atoms. The fourth-order valence-electron chi connectivity index (χ4n) is 4.35. The first-order valence-corrected chi connectivity index (χ1v) is 14.2. The molecule has 5 nitrogen and oxygen atoms in total. The van der Waals surface area contributed by atoms with Crippen molar-refractivity contribution < 1.29 is 14.3 Å². The summed E-state index contributed by atoms with van der Waals surface area (Å²) in [5.41, 5.74) is 1.71. The number of hydrogen-bond acceptors (Lipinski definition) is 3. The summed E-state index contributed by atoms with van der Waals surface area (Å²) in [4.78, 5) is 29.1. The third kappa shape index (κ3) is 7.40. The number of halogens is 2. The minimum absolute atomic E-state index is 0.0298. The van der Waals surface area contributed by atoms with Crippen LogP contribution in [0, 0.1) is 0 Å². The first-order chi connectivity index (χ1) is 18.9. The molecule has 1 N–H and O–H groups in total. The molecule has 0 saturated heterocycles. The van der Waals surface area contributed by atoms with Gasteiger partial charge < -0.3 is 15.0 Å². The zero-order chi connectivity index (χ0) is 27.8. The molecule has 0 radical (unpaired) electrons. The van der Waals surface area contributed by atoms with Crippen LogP contribution in [-0.4, -0.2) is 35.4 Å². The summed E-state index contributed by atoms with van der Waals surface area (Å²) in [6.07, 6.45) is 1.14. The highest BCUT2D eigenvalue weighted by Gasteiger charge is 2.31. The number of fused-ring (bicyclic) bond motifs is 1. The van der Waals surface area contributed by atoms with E-state index in [1.54, 1.807) is 11.0 Å². The van der Waals surface area contributed by atoms with Crippen LogP contribution in [-0.2, 0) is 22.6 Å². The molecule has 0 fully saturated rings. The van der Waals surface area contributed by atoms with Crippen molar-refractivity contribution in [2.45, 2.75) is 45.3 Å². The summed E-state index contributed by atoms with van der Waals surface area (Å²) in [6, 6.07) is 28.0. The normalized spacial score (nSPS) is 12.5. The number of amides is 2. The maximum Gasteiger partial charge on any atom is 0.261 e. The number of carbonyl (C=O) groups excluding carboxylic acids is 2. The van der Waals surface area contributed by atoms with Gasteiger partial charge in [0, 0.05) is 24.0 Å². The average Bonchev–Trinajstić information content (AvgIpc) is 2.95. The lowest BCUT2D eigenvalue weighted by Gasteiger charge is -2.32. The second-order valence-electron chi connectivity index (χ2n) is 9.52. The smallest absolute Gasteiger partial charge is 0.261 e. The van der Waals surface area contributed by atoms with E-state index in [-0.39, 0.29) is 31.0 Å². The highest BCUT2D eigenvalue weighted by atomic mass is 79.9. The highest BCUT2D eigenvalue weighted by Crippen LogP contribution is 2.33. The summed E-state index contributed by atoms with van der Waals surface area (Å²) in [7, 11) is 0. The Morgan fingerprint density at radius 3 is 2.38 bits per heavy atom. The quantitative estimate of drug-likeness (QED) is 0.196. The van der Waals surface area contributed by atoms with E-state index in [0.717, 1.165) is 32.8 Å². The number of rotatable bonds is 11. The Morgan fingerprint density at radius 2 is 1.64 bits per heavy atom. The van der Waals surface area contributed by atoms with Crippen LogP contribution in [0.3, 0.4) is 0 Å². The summed E-state index contributed by atoms with van der Waals surface area (Å²) in [6.45, 7) is 3.91. The van der Waals surface area contributed by atoms with Crippen molar-refractivity contribution >= 4 is 50.1 Å². The van der Waals surface area contributed by atoms with Crippen LogP contribution >= 0.6 is 27.5 Å². The first-order valence-electron chi connectivity index (χ1n) is 13.0. The molecule has 0 aromatic heterocycles. The predicted octanol–water partition coefficient (Wildman–Crippen LogP) is 7.19. The lowest BCUT2D eigenvalue weighted by molar-refractivity contribution is -0.143. The van der Waals surface area contributed by atoms with Gasteiger partial charge in [0.1, 0.15) is 11.8 Å². The number of ether oxygens (including phenoxy) is 1. The predicted molar refractivity (Wildman–Crippen MR) is 161 cm³/mol. The van der Waals surface area contributed by atoms with Gasteiger partial charge in [-0.15, -0.1) is 0 Å². The van der Waals surface area contributed by atoms with Gasteiger partial charge in [-0.2, -0.15) is 0 Å². The van der Waals surface area contributed by atoms with Crippen LogP contribution in [0.1, 0.15) is 31.4 Å². The largest absolute Gasteiger partial charge is 0.483 e. The minimum atomic E-state index is -0.756. The summed E-state index contributed by atoms with van der Waals surface area (Å²) in [5.74, 6) is 0.0408. The highest BCUT2D eigenvalue weighted by molar-refractivity contribution is 9.10. The molecule has 2 unspecified atom stereocenters. The molecule has 0 spiro atoms. The van der Waals surface area contributed by atoms with Crippen LogP contribution in [0.15, 0.2) is 95.5 Å². The second kappa shape index (κ2) is 13.6. The number of nitrogens with zero attached hydrogens (tertiary/aromatic N) is 1. The molecule has 0 heterocycles. The molecule has 2 amide bonds. The molecule has 0 aliphatic heterocycles. The van der Waals surface area contributed by atoms with E-state index in [9.17, 15) is 9.59 Å². The van der Waals surface area contributed by atoms with E-state index in [1.807, 2.05) is 98.8 Å². The first kappa shape index (κ1) is 28.7. The number of carbonyl (C=O) groups is 2. The second-order valence-corrected chi connectivity index (χ2v) is 10.7. The van der Waals surface area contributed by atoms with E-state index < -0.39 is 6.04 Å². The fraction of sp³-hybridized carbons (Fsp3) is 0.250. The van der Waals surface area contributed by atoms with E-state index >= 15 is 0 Å². The van der Waals surface area contributed by atoms with E-state index in [1.165, 1.54) is 0 Å². The molecule has 4 aromatic carbocycles. The molecule has 39 heavy (non-hydrogen) atoms. The van der Waals surface area contributed by atoms with Crippen molar-refractivity contribution in [2.24, 2.45) is 0 Å². The summed E-state index contributed by atoms with van der Waals surface area (Å²) >= 11 is 10.1. The van der Waals surface area contributed by atoms with Crippen LogP contribution in [0.25, 0.3) is 10.8 Å². The van der Waals surface area contributed by atoms with Gasteiger partial charge in [0.05, 0.1) is 4.47 Å². The molecule has 2 atom stereocenters. The fourth-order valence-corrected chi connectivity index (χ4v) is 5.16. The molecule has 4 aromatic rings. The Kier molecular flexibility index (Phi) is 10.0. The number of benzene rings is 4. The Labute approximate surface area is 243 Å². The van der Waals surface area contributed by atoms with Gasteiger partial charge in [-0.1, -0.05) is 97.4 Å². The van der Waals surface area contributed by atoms with Crippen LogP contribution in [0.4, 0.5) is 0 Å². The number of hydrogen-bond donors (Lipinski definition) is 1. The molecule has 0 saturated carbocycles. The third-order valence-corrected chi connectivity index (χ3v) is 7.94. The SMILES string of the molecule is CCC(C)NC(=O)C(Cc1ccccc1)N(Cc1ccccc1Cl)C(=O)COc1ccc2ccccc2c1Br. The molecule has 0 aliphatic rings. The van der Waals surface area contributed by atoms with E-state index in [0.29, 0.717) is 17.2 Å². The minimum Gasteiger partial charge on any atom is -0.483 e. The molecule has 7 heteroatoms. The maximum absolute atomic E-state index is 13.9. The lowest BCUT2D eigenvalue weighted by Crippen LogP contribution is -2.53. The molecule has 202 valence electrons. The topological polar surface area (TPSA) is 58.6 Å². The summed E-state index contributed by atoms with van der Waals surface area (Å²) < 4.78 is 6.81. The standard InChI is InChI=1S/C32H32BrClN2O3/c1-3-22(2)35-32(38)28(19-23-11-5-4-6-12-23)36(20-25-14-8-10-16-27(25)34)30(37)21-39-29-18-17-24-13-7-9-15-26(24)31(29)33/h4-18,22,28H,3,19-21H2,1-2H3,(H,35,38). The van der Waals surface area contributed by atoms with Crippen molar-refractivity contribution in [3.8, 4) is 5.75 Å². The molecular weight excluding hydrogens is 576 g/mol. The third-order valence-electron chi connectivity index (χ3n) is 6.75. The Balaban J connectivity index is 1.65. The van der Waals surface area contributed by atoms with Crippen LogP contribution in [0.5, 0.6) is 5.75 Å². The molecular formula is C32H32BrClN2O3. The Hall–Kier alpha value is -3.35. The maximum atomic E-state index is 13.9. The van der Waals surface area contributed by atoms with Gasteiger partial charge in [0.2, 0.25) is 5.91 Å². The molecule has 4 rings (SSSR count). The molecule has 0 aliphatic carbocycles. The lowest BCUT2D eigenvalue weighted by atomic mass is 10.0. The van der Waals surface area contributed by atoms with Gasteiger partial charge in [-0.05, 0) is 63.3 Å². The summed E-state index contributed by atoms with van der Waals surface area (Å²) in [5, 5.41) is 5.66. The average molecular weight is 608 g/mol. The van der Waals surface area contributed by atoms with Crippen molar-refractivity contribution in [3.63, 3.8) is 0 Å².